The summed E-state index contributed by atoms with van der Waals surface area (Å²) in [5.41, 5.74) is 11.2. The Morgan fingerprint density at radius 3 is 1.73 bits per heavy atom. The topological polar surface area (TPSA) is 77.7 Å². The third-order valence-corrected chi connectivity index (χ3v) is 12.3. The van der Waals surface area contributed by atoms with E-state index >= 15 is 4.79 Å². The second-order valence-corrected chi connectivity index (χ2v) is 15.8. The molecule has 6 nitrogen and oxygen atoms in total. The minimum atomic E-state index is -0.137. The molecule has 0 N–H and O–H groups in total. The van der Waals surface area contributed by atoms with Crippen LogP contribution in [0.5, 0.6) is 0 Å². The molecule has 0 amide bonds. The molecule has 2 aromatic heterocycles. The van der Waals surface area contributed by atoms with Crippen LogP contribution >= 0.6 is 0 Å². The van der Waals surface area contributed by atoms with E-state index < -0.39 is 0 Å². The number of carbonyl (C=O) groups is 2. The fourth-order valence-electron chi connectivity index (χ4n) is 9.38. The van der Waals surface area contributed by atoms with E-state index in [0.717, 1.165) is 72.9 Å². The highest BCUT2D eigenvalue weighted by Gasteiger charge is 2.44. The maximum Gasteiger partial charge on any atom is 0.195 e. The molecule has 7 aromatic carbocycles. The maximum atomic E-state index is 15.2. The molecule has 6 heteroatoms. The van der Waals surface area contributed by atoms with Crippen LogP contribution in [-0.2, 0) is 0 Å². The number of hydrogen-bond acceptors (Lipinski definition) is 5. The molecule has 0 radical (unpaired) electrons. The van der Waals surface area contributed by atoms with E-state index in [1.165, 1.54) is 0 Å². The van der Waals surface area contributed by atoms with Gasteiger partial charge in [0.05, 0.1) is 11.0 Å². The van der Waals surface area contributed by atoms with Gasteiger partial charge < -0.3 is 4.57 Å². The number of para-hydroxylation sites is 2. The summed E-state index contributed by atoms with van der Waals surface area (Å²) in [6, 6.07) is 56.4. The van der Waals surface area contributed by atoms with Crippen molar-refractivity contribution < 1.29 is 9.59 Å². The Bertz CT molecular complexity index is 3270. The number of ketones is 2. The maximum absolute atomic E-state index is 15.2. The summed E-state index contributed by atoms with van der Waals surface area (Å²) in [5, 5.41) is 2.20. The summed E-state index contributed by atoms with van der Waals surface area (Å²) < 4.78 is 2.28. The van der Waals surface area contributed by atoms with Gasteiger partial charge in [0.2, 0.25) is 0 Å². The molecule has 2 atom stereocenters. The molecule has 0 spiro atoms. The lowest BCUT2D eigenvalue weighted by molar-refractivity contribution is 0.0979. The smallest absolute Gasteiger partial charge is 0.195 e. The van der Waals surface area contributed by atoms with Crippen molar-refractivity contribution in [3.8, 4) is 39.6 Å². The number of benzene rings is 7. The zero-order chi connectivity index (χ0) is 39.9. The summed E-state index contributed by atoms with van der Waals surface area (Å²) in [4.78, 5) is 44.7. The quantitative estimate of drug-likeness (QED) is 0.168. The van der Waals surface area contributed by atoms with Gasteiger partial charge in [0, 0.05) is 55.4 Å². The fraction of sp³-hybridized carbons (Fsp3) is 0.0556. The molecule has 0 saturated heterocycles. The monoisotopic (exact) mass is 770 g/mol. The SMILES string of the molecule is O=C1c2cccc(C3=CC(c4nc(-c5ccccc5)nc(-c5ccccc5)n4)=CC4CC34)c2C(=O)c2c1cccc2-c1ccc2c(c1)c1ccccc1n2-c1ccccc1. The van der Waals surface area contributed by atoms with Crippen LogP contribution in [0.4, 0.5) is 0 Å². The van der Waals surface area contributed by atoms with Gasteiger partial charge in [-0.1, -0.05) is 146 Å². The first-order chi connectivity index (χ1) is 29.6. The van der Waals surface area contributed by atoms with Gasteiger partial charge in [-0.05, 0) is 76.9 Å². The van der Waals surface area contributed by atoms with E-state index in [9.17, 15) is 4.79 Å². The normalized spacial score (nSPS) is 16.5. The average molecular weight is 771 g/mol. The molecule has 2 heterocycles. The van der Waals surface area contributed by atoms with Crippen molar-refractivity contribution in [2.24, 2.45) is 11.8 Å². The zero-order valence-corrected chi connectivity index (χ0v) is 32.3. The van der Waals surface area contributed by atoms with Gasteiger partial charge in [0.25, 0.3) is 0 Å². The number of nitrogens with zero attached hydrogens (tertiary/aromatic N) is 4. The Labute approximate surface area is 345 Å². The molecular weight excluding hydrogens is 737 g/mol. The molecule has 3 aliphatic rings. The van der Waals surface area contributed by atoms with Crippen LogP contribution in [-0.4, -0.2) is 31.1 Å². The Hall–Kier alpha value is -7.83. The molecule has 12 rings (SSSR count). The summed E-state index contributed by atoms with van der Waals surface area (Å²) in [5.74, 6) is 2.00. The van der Waals surface area contributed by atoms with Crippen molar-refractivity contribution in [1.29, 1.82) is 0 Å². The summed E-state index contributed by atoms with van der Waals surface area (Å²) in [6.07, 6.45) is 5.34. The number of hydrogen-bond donors (Lipinski definition) is 0. The first-order valence-electron chi connectivity index (χ1n) is 20.3. The predicted octanol–water partition coefficient (Wildman–Crippen LogP) is 11.9. The summed E-state index contributed by atoms with van der Waals surface area (Å²) in [6.45, 7) is 0. The van der Waals surface area contributed by atoms with E-state index in [0.29, 0.717) is 39.7 Å². The molecule has 9 aromatic rings. The Morgan fingerprint density at radius 1 is 0.467 bits per heavy atom. The van der Waals surface area contributed by atoms with Crippen molar-refractivity contribution >= 4 is 44.5 Å². The molecule has 1 saturated carbocycles. The van der Waals surface area contributed by atoms with Crippen LogP contribution < -0.4 is 0 Å². The van der Waals surface area contributed by atoms with Crippen molar-refractivity contribution in [2.75, 3.05) is 0 Å². The van der Waals surface area contributed by atoms with Gasteiger partial charge in [0.1, 0.15) is 0 Å². The highest BCUT2D eigenvalue weighted by atomic mass is 16.1. The third-order valence-electron chi connectivity index (χ3n) is 12.3. The lowest BCUT2D eigenvalue weighted by Gasteiger charge is -2.24. The molecule has 3 aliphatic carbocycles. The molecule has 1 fully saturated rings. The lowest BCUT2D eigenvalue weighted by Crippen LogP contribution is -2.23. The molecule has 0 bridgehead atoms. The highest BCUT2D eigenvalue weighted by Crippen LogP contribution is 2.55. The van der Waals surface area contributed by atoms with Crippen molar-refractivity contribution in [3.63, 3.8) is 0 Å². The Morgan fingerprint density at radius 2 is 1.03 bits per heavy atom. The van der Waals surface area contributed by atoms with Crippen LogP contribution in [0.25, 0.3) is 72.5 Å². The number of allylic oxidation sites excluding steroid dienone is 4. The largest absolute Gasteiger partial charge is 0.309 e. The van der Waals surface area contributed by atoms with Gasteiger partial charge in [0.15, 0.2) is 29.0 Å². The zero-order valence-electron chi connectivity index (χ0n) is 32.3. The highest BCUT2D eigenvalue weighted by molar-refractivity contribution is 6.31. The van der Waals surface area contributed by atoms with Gasteiger partial charge in [-0.15, -0.1) is 0 Å². The van der Waals surface area contributed by atoms with Crippen LogP contribution in [0.1, 0.15) is 49.7 Å². The molecular formula is C54H34N4O2. The molecule has 2 unspecified atom stereocenters. The van der Waals surface area contributed by atoms with E-state index in [-0.39, 0.29) is 23.4 Å². The predicted molar refractivity (Wildman–Crippen MR) is 238 cm³/mol. The minimum absolute atomic E-state index is 0.135. The van der Waals surface area contributed by atoms with Crippen molar-refractivity contribution in [1.82, 2.24) is 19.5 Å². The van der Waals surface area contributed by atoms with E-state index in [1.807, 2.05) is 91.0 Å². The third kappa shape index (κ3) is 5.38. The standard InChI is InChI=1S/C54H34N4O2/c59-50-41-23-12-21-38(34-26-27-47-45(29-34)39-20-10-11-25-46(39)58(47)37-18-8-3-9-19-37)48(41)51(60)49-40(22-13-24-42(49)50)44-31-36(28-35-30-43(35)44)54-56-52(32-14-4-1-5-15-32)55-53(57-54)33-16-6-2-7-17-33/h1-29,31,35,43H,30H2. The summed E-state index contributed by atoms with van der Waals surface area (Å²) in [7, 11) is 0. The van der Waals surface area contributed by atoms with E-state index in [2.05, 4.69) is 83.4 Å². The van der Waals surface area contributed by atoms with Gasteiger partial charge in [-0.3, -0.25) is 9.59 Å². The van der Waals surface area contributed by atoms with Gasteiger partial charge >= 0.3 is 0 Å². The Kier molecular flexibility index (Phi) is 7.62. The van der Waals surface area contributed by atoms with Crippen LogP contribution in [0.15, 0.2) is 182 Å². The second kappa shape index (κ2) is 13.4. The first-order valence-corrected chi connectivity index (χ1v) is 20.3. The average Bonchev–Trinajstić information content (AvgIpc) is 4.04. The minimum Gasteiger partial charge on any atom is -0.309 e. The number of fused-ring (bicyclic) bond motifs is 6. The van der Waals surface area contributed by atoms with Gasteiger partial charge in [-0.25, -0.2) is 15.0 Å². The second-order valence-electron chi connectivity index (χ2n) is 15.8. The van der Waals surface area contributed by atoms with E-state index in [4.69, 9.17) is 15.0 Å². The van der Waals surface area contributed by atoms with Crippen LogP contribution in [0, 0.1) is 11.8 Å². The van der Waals surface area contributed by atoms with Crippen molar-refractivity contribution in [3.05, 3.63) is 216 Å². The van der Waals surface area contributed by atoms with Crippen LogP contribution in [0.2, 0.25) is 0 Å². The molecule has 282 valence electrons. The van der Waals surface area contributed by atoms with E-state index in [1.54, 1.807) is 12.1 Å². The lowest BCUT2D eigenvalue weighted by atomic mass is 9.76. The Balaban J connectivity index is 0.984. The molecule has 60 heavy (non-hydrogen) atoms. The van der Waals surface area contributed by atoms with Crippen molar-refractivity contribution in [2.45, 2.75) is 6.42 Å². The first kappa shape index (κ1) is 34.2. The number of carbonyl (C=O) groups excluding carboxylic acids is 2. The summed E-state index contributed by atoms with van der Waals surface area (Å²) >= 11 is 0. The number of aromatic nitrogens is 4. The van der Waals surface area contributed by atoms with Gasteiger partial charge in [-0.2, -0.15) is 0 Å². The fourth-order valence-corrected chi connectivity index (χ4v) is 9.38. The molecule has 0 aliphatic heterocycles. The number of rotatable bonds is 6. The van der Waals surface area contributed by atoms with Crippen LogP contribution in [0.3, 0.4) is 0 Å².